The number of hydrogen-bond donors (Lipinski definition) is 3. The Morgan fingerprint density at radius 3 is 0.959 bits per heavy atom. The lowest BCUT2D eigenvalue weighted by molar-refractivity contribution is -0.143. The first-order valence-corrected chi connectivity index (χ1v) is 33.9. The van der Waals surface area contributed by atoms with Gasteiger partial charge < -0.3 is 20.3 Å². The minimum atomic E-state index is -0.667. The Kier molecular flexibility index (Phi) is 62.9. The van der Waals surface area contributed by atoms with Gasteiger partial charge in [-0.2, -0.15) is 0 Å². The van der Waals surface area contributed by atoms with Crippen LogP contribution in [-0.4, -0.2) is 47.4 Å². The standard InChI is InChI=1S/C68H133NO5/c1-3-5-7-9-11-13-15-17-19-20-21-22-23-24-26-29-33-36-40-44-48-52-56-60-66(71)65(64-70)69-67(72)61-57-53-49-45-41-37-34-30-27-25-28-31-35-39-43-47-51-55-59-63-74-68(73)62-58-54-50-46-42-38-32-18-16-14-12-10-8-6-4-2/h18,32,65-66,70-71H,3-17,19-31,33-64H2,1-2H3,(H,69,72)/b32-18-. The van der Waals surface area contributed by atoms with E-state index in [0.717, 1.165) is 44.9 Å². The second kappa shape index (κ2) is 64.1. The summed E-state index contributed by atoms with van der Waals surface area (Å²) >= 11 is 0. The van der Waals surface area contributed by atoms with E-state index in [1.165, 1.54) is 308 Å². The number of amides is 1. The molecule has 0 heterocycles. The maximum Gasteiger partial charge on any atom is 0.305 e. The molecular weight excluding hydrogens is 911 g/mol. The Bertz CT molecular complexity index is 1110. The van der Waals surface area contributed by atoms with Gasteiger partial charge in [0.25, 0.3) is 0 Å². The number of aliphatic hydroxyl groups excluding tert-OH is 2. The highest BCUT2D eigenvalue weighted by Crippen LogP contribution is 2.19. The predicted octanol–water partition coefficient (Wildman–Crippen LogP) is 21.6. The normalized spacial score (nSPS) is 12.5. The minimum Gasteiger partial charge on any atom is -0.466 e. The van der Waals surface area contributed by atoms with E-state index >= 15 is 0 Å². The van der Waals surface area contributed by atoms with Crippen LogP contribution in [0.2, 0.25) is 0 Å². The summed E-state index contributed by atoms with van der Waals surface area (Å²) in [7, 11) is 0. The van der Waals surface area contributed by atoms with Crippen molar-refractivity contribution in [2.75, 3.05) is 13.2 Å². The molecule has 0 aromatic rings. The molecule has 0 aliphatic rings. The number of hydrogen-bond acceptors (Lipinski definition) is 5. The Labute approximate surface area is 463 Å². The second-order valence-corrected chi connectivity index (χ2v) is 23.5. The molecule has 0 aliphatic heterocycles. The van der Waals surface area contributed by atoms with Crippen LogP contribution in [0.1, 0.15) is 386 Å². The van der Waals surface area contributed by atoms with E-state index in [2.05, 4.69) is 31.3 Å². The van der Waals surface area contributed by atoms with Crippen molar-refractivity contribution in [3.8, 4) is 0 Å². The fourth-order valence-corrected chi connectivity index (χ4v) is 10.9. The van der Waals surface area contributed by atoms with Crippen LogP contribution in [-0.2, 0) is 14.3 Å². The highest BCUT2D eigenvalue weighted by atomic mass is 16.5. The molecule has 6 heteroatoms. The summed E-state index contributed by atoms with van der Waals surface area (Å²) in [6, 6.07) is -0.544. The zero-order valence-electron chi connectivity index (χ0n) is 50.4. The maximum atomic E-state index is 12.5. The number of nitrogens with one attached hydrogen (secondary N) is 1. The molecule has 6 nitrogen and oxygen atoms in total. The van der Waals surface area contributed by atoms with Crippen LogP contribution in [0.3, 0.4) is 0 Å². The van der Waals surface area contributed by atoms with Gasteiger partial charge in [-0.3, -0.25) is 9.59 Å². The summed E-state index contributed by atoms with van der Waals surface area (Å²) in [6.45, 7) is 4.98. The molecule has 0 saturated carbocycles. The number of aliphatic hydroxyl groups is 2. The van der Waals surface area contributed by atoms with E-state index in [1.807, 2.05) is 0 Å². The van der Waals surface area contributed by atoms with Crippen molar-refractivity contribution in [3.05, 3.63) is 12.2 Å². The van der Waals surface area contributed by atoms with Crippen molar-refractivity contribution in [2.45, 2.75) is 398 Å². The average molecular weight is 1040 g/mol. The van der Waals surface area contributed by atoms with Gasteiger partial charge in [0, 0.05) is 12.8 Å². The van der Waals surface area contributed by atoms with Crippen LogP contribution in [0.5, 0.6) is 0 Å². The average Bonchev–Trinajstić information content (AvgIpc) is 3.40. The van der Waals surface area contributed by atoms with E-state index < -0.39 is 12.1 Å². The summed E-state index contributed by atoms with van der Waals surface area (Å²) in [4.78, 5) is 24.6. The van der Waals surface area contributed by atoms with Gasteiger partial charge in [-0.05, 0) is 51.4 Å². The maximum absolute atomic E-state index is 12.5. The van der Waals surface area contributed by atoms with E-state index in [9.17, 15) is 19.8 Å². The molecule has 0 aliphatic carbocycles. The third-order valence-corrected chi connectivity index (χ3v) is 16.1. The van der Waals surface area contributed by atoms with Crippen LogP contribution in [0, 0.1) is 0 Å². The summed E-state index contributed by atoms with van der Waals surface area (Å²) in [5, 5.41) is 23.4. The third-order valence-electron chi connectivity index (χ3n) is 16.1. The van der Waals surface area contributed by atoms with Crippen LogP contribution in [0.25, 0.3) is 0 Å². The van der Waals surface area contributed by atoms with E-state index in [4.69, 9.17) is 4.74 Å². The summed E-state index contributed by atoms with van der Waals surface area (Å²) in [5.74, 6) is -0.0307. The highest BCUT2D eigenvalue weighted by molar-refractivity contribution is 5.76. The Hall–Kier alpha value is -1.40. The smallest absolute Gasteiger partial charge is 0.305 e. The molecule has 0 aromatic carbocycles. The van der Waals surface area contributed by atoms with Gasteiger partial charge in [0.05, 0.1) is 25.4 Å². The number of allylic oxidation sites excluding steroid dienone is 2. The first-order chi connectivity index (χ1) is 36.5. The summed E-state index contributed by atoms with van der Waals surface area (Å²) < 4.78 is 5.49. The zero-order chi connectivity index (χ0) is 53.6. The monoisotopic (exact) mass is 1040 g/mol. The Balaban J connectivity index is 3.39. The van der Waals surface area contributed by atoms with Crippen molar-refractivity contribution >= 4 is 11.9 Å². The lowest BCUT2D eigenvalue weighted by Crippen LogP contribution is -2.45. The number of ether oxygens (including phenoxy) is 1. The topological polar surface area (TPSA) is 95.9 Å². The molecule has 0 aromatic heterocycles. The largest absolute Gasteiger partial charge is 0.466 e. The molecule has 0 fully saturated rings. The van der Waals surface area contributed by atoms with Gasteiger partial charge in [0.15, 0.2) is 0 Å². The Morgan fingerprint density at radius 1 is 0.365 bits per heavy atom. The summed E-state index contributed by atoms with van der Waals surface area (Å²) in [5.41, 5.74) is 0. The van der Waals surface area contributed by atoms with Crippen LogP contribution >= 0.6 is 0 Å². The molecule has 2 unspecified atom stereocenters. The van der Waals surface area contributed by atoms with Gasteiger partial charge in [-0.25, -0.2) is 0 Å². The zero-order valence-corrected chi connectivity index (χ0v) is 50.4. The van der Waals surface area contributed by atoms with Crippen molar-refractivity contribution < 1.29 is 24.5 Å². The fourth-order valence-electron chi connectivity index (χ4n) is 10.9. The predicted molar refractivity (Wildman–Crippen MR) is 324 cm³/mol. The fraction of sp³-hybridized carbons (Fsp3) is 0.941. The molecule has 74 heavy (non-hydrogen) atoms. The molecular formula is C68H133NO5. The third kappa shape index (κ3) is 59.8. The lowest BCUT2D eigenvalue weighted by Gasteiger charge is -2.22. The summed E-state index contributed by atoms with van der Waals surface area (Å²) in [6.07, 6.45) is 78.1. The molecule has 2 atom stereocenters. The van der Waals surface area contributed by atoms with Crippen LogP contribution in [0.4, 0.5) is 0 Å². The quantitative estimate of drug-likeness (QED) is 0.0320. The Morgan fingerprint density at radius 2 is 0.635 bits per heavy atom. The second-order valence-electron chi connectivity index (χ2n) is 23.5. The number of rotatable bonds is 64. The SMILES string of the molecule is CCCCCCCC/C=C\CCCCCCCC(=O)OCCCCCCCCCCCCCCCCCCCCCC(=O)NC(CO)C(O)CCCCCCCCCCCCCCCCCCCCCCCCC. The van der Waals surface area contributed by atoms with E-state index in [-0.39, 0.29) is 18.5 Å². The molecule has 3 N–H and O–H groups in total. The van der Waals surface area contributed by atoms with E-state index in [0.29, 0.717) is 25.9 Å². The number of carbonyl (C=O) groups is 2. The van der Waals surface area contributed by atoms with Gasteiger partial charge in [0.2, 0.25) is 5.91 Å². The number of unbranched alkanes of at least 4 members (excludes halogenated alkanes) is 51. The highest BCUT2D eigenvalue weighted by Gasteiger charge is 2.20. The van der Waals surface area contributed by atoms with Gasteiger partial charge in [-0.1, -0.05) is 334 Å². The molecule has 0 radical (unpaired) electrons. The lowest BCUT2D eigenvalue weighted by atomic mass is 10.0. The molecule has 0 spiro atoms. The van der Waals surface area contributed by atoms with Crippen LogP contribution < -0.4 is 5.32 Å². The molecule has 0 bridgehead atoms. The van der Waals surface area contributed by atoms with Gasteiger partial charge in [-0.15, -0.1) is 0 Å². The number of carbonyl (C=O) groups excluding carboxylic acids is 2. The first kappa shape index (κ1) is 72.6. The van der Waals surface area contributed by atoms with Gasteiger partial charge in [0.1, 0.15) is 0 Å². The minimum absolute atomic E-state index is 0.00246. The van der Waals surface area contributed by atoms with E-state index in [1.54, 1.807) is 0 Å². The number of esters is 1. The van der Waals surface area contributed by atoms with Crippen molar-refractivity contribution in [2.24, 2.45) is 0 Å². The van der Waals surface area contributed by atoms with Gasteiger partial charge >= 0.3 is 5.97 Å². The first-order valence-electron chi connectivity index (χ1n) is 33.9. The van der Waals surface area contributed by atoms with Crippen molar-refractivity contribution in [1.82, 2.24) is 5.32 Å². The molecule has 440 valence electrons. The van der Waals surface area contributed by atoms with Crippen molar-refractivity contribution in [1.29, 1.82) is 0 Å². The molecule has 1 amide bonds. The van der Waals surface area contributed by atoms with Crippen LogP contribution in [0.15, 0.2) is 12.2 Å². The molecule has 0 saturated heterocycles. The molecule has 0 rings (SSSR count). The van der Waals surface area contributed by atoms with Crippen molar-refractivity contribution in [3.63, 3.8) is 0 Å².